The molecule has 0 radical (unpaired) electrons. The highest BCUT2D eigenvalue weighted by atomic mass is 15.2. The number of nitriles is 1. The molecule has 84 valence electrons. The number of rotatable bonds is 4. The Kier molecular flexibility index (Phi) is 3.61. The van der Waals surface area contributed by atoms with Crippen LogP contribution in [0.4, 0.5) is 0 Å². The van der Waals surface area contributed by atoms with Crippen LogP contribution in [0.5, 0.6) is 0 Å². The zero-order valence-electron chi connectivity index (χ0n) is 9.58. The summed E-state index contributed by atoms with van der Waals surface area (Å²) in [6, 6.07) is 2.32. The molecule has 3 heteroatoms. The lowest BCUT2D eigenvalue weighted by molar-refractivity contribution is 0.299. The van der Waals surface area contributed by atoms with E-state index < -0.39 is 0 Å². The maximum atomic E-state index is 8.83. The minimum absolute atomic E-state index is 0.0328. The molecule has 1 aliphatic heterocycles. The molecule has 0 bridgehead atoms. The van der Waals surface area contributed by atoms with Gasteiger partial charge in [0.2, 0.25) is 0 Å². The summed E-state index contributed by atoms with van der Waals surface area (Å²) in [5, 5.41) is 11.9. The average molecular weight is 207 g/mol. The van der Waals surface area contributed by atoms with Gasteiger partial charge in [-0.1, -0.05) is 6.42 Å². The third kappa shape index (κ3) is 2.50. The highest BCUT2D eigenvalue weighted by Crippen LogP contribution is 2.37. The molecule has 0 aromatic heterocycles. The molecule has 0 aromatic rings. The van der Waals surface area contributed by atoms with Gasteiger partial charge in [-0.2, -0.15) is 5.26 Å². The summed E-state index contributed by atoms with van der Waals surface area (Å²) in [7, 11) is 1.87. The maximum absolute atomic E-state index is 8.83. The first-order chi connectivity index (χ1) is 7.33. The highest BCUT2D eigenvalue weighted by Gasteiger charge is 2.35. The Balaban J connectivity index is 1.71. The van der Waals surface area contributed by atoms with Gasteiger partial charge in [0, 0.05) is 19.6 Å². The number of fused-ring (bicyclic) bond motifs is 1. The monoisotopic (exact) mass is 207 g/mol. The predicted octanol–water partition coefficient (Wildman–Crippen LogP) is 1.22. The second-order valence-electron chi connectivity index (χ2n) is 4.97. The summed E-state index contributed by atoms with van der Waals surface area (Å²) < 4.78 is 0. The number of hydrogen-bond acceptors (Lipinski definition) is 3. The van der Waals surface area contributed by atoms with Gasteiger partial charge in [-0.15, -0.1) is 0 Å². The van der Waals surface area contributed by atoms with Gasteiger partial charge in [-0.25, -0.2) is 0 Å². The molecule has 1 heterocycles. The lowest BCUT2D eigenvalue weighted by Gasteiger charge is -2.18. The van der Waals surface area contributed by atoms with E-state index in [0.29, 0.717) is 0 Å². The molecular weight excluding hydrogens is 186 g/mol. The zero-order valence-corrected chi connectivity index (χ0v) is 9.58. The minimum Gasteiger partial charge on any atom is -0.305 e. The Bertz CT molecular complexity index is 234. The van der Waals surface area contributed by atoms with Crippen LogP contribution in [0, 0.1) is 23.2 Å². The van der Waals surface area contributed by atoms with Crippen LogP contribution in [0.2, 0.25) is 0 Å². The SMILES string of the molecule is CNC(C#N)CCN1CC2CCCC2C1. The summed E-state index contributed by atoms with van der Waals surface area (Å²) in [6.07, 6.45) is 5.29. The Morgan fingerprint density at radius 2 is 2.07 bits per heavy atom. The molecule has 0 aromatic carbocycles. The second-order valence-corrected chi connectivity index (χ2v) is 4.97. The first-order valence-corrected chi connectivity index (χ1v) is 6.12. The van der Waals surface area contributed by atoms with Crippen LogP contribution in [0.3, 0.4) is 0 Å². The van der Waals surface area contributed by atoms with E-state index in [2.05, 4.69) is 16.3 Å². The lowest BCUT2D eigenvalue weighted by atomic mass is 10.0. The number of hydrogen-bond donors (Lipinski definition) is 1. The average Bonchev–Trinajstić information content (AvgIpc) is 2.79. The van der Waals surface area contributed by atoms with Gasteiger partial charge in [0.05, 0.1) is 12.1 Å². The fraction of sp³-hybridized carbons (Fsp3) is 0.917. The predicted molar refractivity (Wildman–Crippen MR) is 60.3 cm³/mol. The van der Waals surface area contributed by atoms with Crippen LogP contribution in [0.25, 0.3) is 0 Å². The molecular formula is C12H21N3. The van der Waals surface area contributed by atoms with E-state index in [4.69, 9.17) is 5.26 Å². The summed E-state index contributed by atoms with van der Waals surface area (Å²) in [5.74, 6) is 1.94. The van der Waals surface area contributed by atoms with Crippen molar-refractivity contribution in [3.63, 3.8) is 0 Å². The van der Waals surface area contributed by atoms with Crippen LogP contribution in [0.15, 0.2) is 0 Å². The molecule has 2 rings (SSSR count). The van der Waals surface area contributed by atoms with E-state index in [1.807, 2.05) is 7.05 Å². The van der Waals surface area contributed by atoms with Crippen molar-refractivity contribution in [1.82, 2.24) is 10.2 Å². The van der Waals surface area contributed by atoms with E-state index in [1.54, 1.807) is 0 Å². The van der Waals surface area contributed by atoms with Gasteiger partial charge < -0.3 is 10.2 Å². The van der Waals surface area contributed by atoms with Crippen molar-refractivity contribution in [3.8, 4) is 6.07 Å². The van der Waals surface area contributed by atoms with E-state index in [-0.39, 0.29) is 6.04 Å². The van der Waals surface area contributed by atoms with Crippen molar-refractivity contribution >= 4 is 0 Å². The Morgan fingerprint density at radius 1 is 1.40 bits per heavy atom. The molecule has 2 fully saturated rings. The van der Waals surface area contributed by atoms with E-state index in [9.17, 15) is 0 Å². The fourth-order valence-corrected chi connectivity index (χ4v) is 3.10. The van der Waals surface area contributed by atoms with Crippen molar-refractivity contribution in [2.45, 2.75) is 31.7 Å². The molecule has 0 amide bonds. The van der Waals surface area contributed by atoms with Gasteiger partial charge in [0.25, 0.3) is 0 Å². The van der Waals surface area contributed by atoms with Crippen LogP contribution < -0.4 is 5.32 Å². The quantitative estimate of drug-likeness (QED) is 0.753. The summed E-state index contributed by atoms with van der Waals surface area (Å²) in [4.78, 5) is 2.55. The van der Waals surface area contributed by atoms with Crippen molar-refractivity contribution in [2.24, 2.45) is 11.8 Å². The molecule has 1 saturated carbocycles. The maximum Gasteiger partial charge on any atom is 0.0962 e. The molecule has 3 atom stereocenters. The van der Waals surface area contributed by atoms with Crippen LogP contribution in [-0.2, 0) is 0 Å². The fourth-order valence-electron chi connectivity index (χ4n) is 3.10. The van der Waals surface area contributed by atoms with E-state index in [1.165, 1.54) is 32.4 Å². The molecule has 3 unspecified atom stereocenters. The Labute approximate surface area is 92.4 Å². The molecule has 2 aliphatic rings. The second kappa shape index (κ2) is 4.96. The highest BCUT2D eigenvalue weighted by molar-refractivity contribution is 4.92. The lowest BCUT2D eigenvalue weighted by Crippen LogP contribution is -2.30. The summed E-state index contributed by atoms with van der Waals surface area (Å²) >= 11 is 0. The van der Waals surface area contributed by atoms with Gasteiger partial charge in [-0.3, -0.25) is 0 Å². The Hall–Kier alpha value is -0.590. The van der Waals surface area contributed by atoms with Gasteiger partial charge in [0.15, 0.2) is 0 Å². The minimum atomic E-state index is 0.0328. The molecule has 0 spiro atoms. The van der Waals surface area contributed by atoms with Crippen molar-refractivity contribution in [3.05, 3.63) is 0 Å². The van der Waals surface area contributed by atoms with Crippen molar-refractivity contribution in [2.75, 3.05) is 26.7 Å². The Morgan fingerprint density at radius 3 is 2.60 bits per heavy atom. The van der Waals surface area contributed by atoms with Crippen LogP contribution >= 0.6 is 0 Å². The first kappa shape index (κ1) is 10.9. The largest absolute Gasteiger partial charge is 0.305 e. The number of nitrogens with zero attached hydrogens (tertiary/aromatic N) is 2. The first-order valence-electron chi connectivity index (χ1n) is 6.12. The van der Waals surface area contributed by atoms with Crippen LogP contribution in [-0.4, -0.2) is 37.6 Å². The van der Waals surface area contributed by atoms with E-state index >= 15 is 0 Å². The topological polar surface area (TPSA) is 39.1 Å². The van der Waals surface area contributed by atoms with Crippen molar-refractivity contribution < 1.29 is 0 Å². The molecule has 15 heavy (non-hydrogen) atoms. The standard InChI is InChI=1S/C12H21N3/c1-14-12(7-13)5-6-15-8-10-3-2-4-11(10)9-15/h10-12,14H,2-6,8-9H2,1H3. The number of likely N-dealkylation sites (tertiary alicyclic amines) is 1. The smallest absolute Gasteiger partial charge is 0.0962 e. The van der Waals surface area contributed by atoms with Crippen LogP contribution in [0.1, 0.15) is 25.7 Å². The van der Waals surface area contributed by atoms with E-state index in [0.717, 1.165) is 24.8 Å². The van der Waals surface area contributed by atoms with Gasteiger partial charge in [0.1, 0.15) is 0 Å². The summed E-state index contributed by atoms with van der Waals surface area (Å²) in [6.45, 7) is 3.66. The molecule has 3 nitrogen and oxygen atoms in total. The van der Waals surface area contributed by atoms with Gasteiger partial charge in [-0.05, 0) is 38.1 Å². The molecule has 1 aliphatic carbocycles. The third-order valence-corrected chi connectivity index (χ3v) is 4.04. The molecule has 1 N–H and O–H groups in total. The van der Waals surface area contributed by atoms with Crippen molar-refractivity contribution in [1.29, 1.82) is 5.26 Å². The normalized spacial score (nSPS) is 32.5. The zero-order chi connectivity index (χ0) is 10.7. The third-order valence-electron chi connectivity index (χ3n) is 4.04. The molecule has 1 saturated heterocycles. The summed E-state index contributed by atoms with van der Waals surface area (Å²) in [5.41, 5.74) is 0. The number of nitrogens with one attached hydrogen (secondary N) is 1. The van der Waals surface area contributed by atoms with Gasteiger partial charge >= 0.3 is 0 Å².